The van der Waals surface area contributed by atoms with Crippen LogP contribution in [0.2, 0.25) is 5.02 Å². The number of carbonyl (C=O) groups is 2. The molecule has 28 heavy (non-hydrogen) atoms. The fourth-order valence-corrected chi connectivity index (χ4v) is 4.08. The van der Waals surface area contributed by atoms with Crippen LogP contribution in [0.5, 0.6) is 0 Å². The number of quaternary nitrogens is 1. The maximum atomic E-state index is 12.7. The molecule has 2 aliphatic rings. The monoisotopic (exact) mass is 408 g/mol. The van der Waals surface area contributed by atoms with Crippen molar-refractivity contribution in [1.29, 1.82) is 0 Å². The molecule has 1 amide bonds. The van der Waals surface area contributed by atoms with Crippen LogP contribution >= 0.6 is 11.6 Å². The molecular weight excluding hydrogens is 386 g/mol. The molecular formula is C19H23ClN3O5+. The van der Waals surface area contributed by atoms with Gasteiger partial charge in [0.25, 0.3) is 5.91 Å². The molecule has 9 heteroatoms. The Morgan fingerprint density at radius 2 is 2.00 bits per heavy atom. The predicted octanol–water partition coefficient (Wildman–Crippen LogP) is 0.968. The van der Waals surface area contributed by atoms with Crippen LogP contribution in [0, 0.1) is 0 Å². The molecule has 1 spiro atoms. The van der Waals surface area contributed by atoms with Crippen LogP contribution in [0.3, 0.4) is 0 Å². The van der Waals surface area contributed by atoms with Gasteiger partial charge < -0.3 is 29.4 Å². The summed E-state index contributed by atoms with van der Waals surface area (Å²) in [6.07, 6.45) is 1.54. The van der Waals surface area contributed by atoms with Crippen LogP contribution in [-0.2, 0) is 19.0 Å². The van der Waals surface area contributed by atoms with E-state index in [9.17, 15) is 9.59 Å². The smallest absolute Gasteiger partial charge is 0.356 e. The molecule has 0 atom stereocenters. The topological polar surface area (TPSA) is 94.1 Å². The van der Waals surface area contributed by atoms with E-state index in [-0.39, 0.29) is 11.6 Å². The molecule has 0 bridgehead atoms. The van der Waals surface area contributed by atoms with E-state index in [0.29, 0.717) is 41.4 Å². The molecule has 4 rings (SSSR count). The number of aromatic nitrogens is 1. The Kier molecular flexibility index (Phi) is 5.29. The molecule has 2 aliphatic heterocycles. The highest BCUT2D eigenvalue weighted by molar-refractivity contribution is 6.31. The average Bonchev–Trinajstić information content (AvgIpc) is 3.28. The number of amides is 1. The van der Waals surface area contributed by atoms with Crippen molar-refractivity contribution in [1.82, 2.24) is 4.98 Å². The summed E-state index contributed by atoms with van der Waals surface area (Å²) in [4.78, 5) is 29.0. The minimum atomic E-state index is -0.551. The van der Waals surface area contributed by atoms with Gasteiger partial charge in [-0.2, -0.15) is 0 Å². The summed E-state index contributed by atoms with van der Waals surface area (Å²) < 4.78 is 16.3. The Labute approximate surface area is 167 Å². The van der Waals surface area contributed by atoms with Crippen molar-refractivity contribution in [2.24, 2.45) is 0 Å². The fraction of sp³-hybridized carbons (Fsp3) is 0.474. The Hall–Kier alpha value is -2.13. The second-order valence-electron chi connectivity index (χ2n) is 7.14. The number of piperidine rings is 1. The number of nitrogens with one attached hydrogen (secondary N) is 3. The number of likely N-dealkylation sites (tertiary alicyclic amines) is 1. The van der Waals surface area contributed by atoms with Gasteiger partial charge in [0.05, 0.1) is 51.9 Å². The van der Waals surface area contributed by atoms with Crippen molar-refractivity contribution in [3.05, 3.63) is 28.9 Å². The first-order valence-corrected chi connectivity index (χ1v) is 9.68. The number of carbonyl (C=O) groups excluding carboxylic acids is 2. The van der Waals surface area contributed by atoms with Crippen LogP contribution in [0.4, 0.5) is 5.69 Å². The molecule has 2 saturated heterocycles. The first-order chi connectivity index (χ1) is 13.5. The van der Waals surface area contributed by atoms with E-state index in [1.165, 1.54) is 7.11 Å². The van der Waals surface area contributed by atoms with Crippen LogP contribution in [-0.4, -0.2) is 62.6 Å². The van der Waals surface area contributed by atoms with Crippen LogP contribution in [0.1, 0.15) is 23.3 Å². The minimum absolute atomic E-state index is 0.176. The van der Waals surface area contributed by atoms with Gasteiger partial charge in [-0.3, -0.25) is 4.79 Å². The van der Waals surface area contributed by atoms with Gasteiger partial charge in [-0.25, -0.2) is 4.79 Å². The number of esters is 1. The molecule has 0 aliphatic carbocycles. The van der Waals surface area contributed by atoms with Gasteiger partial charge in [-0.15, -0.1) is 0 Å². The zero-order valence-corrected chi connectivity index (χ0v) is 16.4. The quantitative estimate of drug-likeness (QED) is 0.655. The molecule has 1 aromatic carbocycles. The lowest BCUT2D eigenvalue weighted by Gasteiger charge is -2.34. The van der Waals surface area contributed by atoms with E-state index >= 15 is 0 Å². The number of H-pyrrole nitrogens is 1. The van der Waals surface area contributed by atoms with Gasteiger partial charge in [0.15, 0.2) is 12.3 Å². The lowest BCUT2D eigenvalue weighted by Crippen LogP contribution is -3.14. The Bertz CT molecular complexity index is 896. The number of halogens is 1. The van der Waals surface area contributed by atoms with Crippen molar-refractivity contribution >= 4 is 40.1 Å². The molecule has 8 nitrogen and oxygen atoms in total. The van der Waals surface area contributed by atoms with Crippen LogP contribution in [0.15, 0.2) is 18.2 Å². The van der Waals surface area contributed by atoms with Crippen molar-refractivity contribution < 1.29 is 28.7 Å². The van der Waals surface area contributed by atoms with E-state index < -0.39 is 11.8 Å². The number of fused-ring (bicyclic) bond motifs is 1. The number of hydrogen-bond donors (Lipinski definition) is 3. The third kappa shape index (κ3) is 3.73. The second kappa shape index (κ2) is 7.71. The molecule has 0 radical (unpaired) electrons. The number of aromatic amines is 1. The highest BCUT2D eigenvalue weighted by atomic mass is 35.5. The Morgan fingerprint density at radius 3 is 2.68 bits per heavy atom. The van der Waals surface area contributed by atoms with Crippen molar-refractivity contribution in [3.8, 4) is 0 Å². The van der Waals surface area contributed by atoms with E-state index in [2.05, 4.69) is 10.3 Å². The number of anilines is 1. The van der Waals surface area contributed by atoms with Gasteiger partial charge >= 0.3 is 5.97 Å². The third-order valence-corrected chi connectivity index (χ3v) is 5.59. The SMILES string of the molecule is COC(=O)c1[nH]c2ccc(Cl)cc2c1NC(=O)C[NH+]1CCC2(CC1)OCCO2. The summed E-state index contributed by atoms with van der Waals surface area (Å²) in [5, 5.41) is 4.06. The molecule has 2 fully saturated rings. The standard InChI is InChI=1S/C19H22ClN3O5/c1-26-18(25)17-16(13-10-12(20)2-3-14(13)21-17)22-15(24)11-23-6-4-19(5-7-23)27-8-9-28-19/h2-3,10,21H,4-9,11H2,1H3,(H,22,24)/p+1. The molecule has 0 unspecified atom stereocenters. The summed E-state index contributed by atoms with van der Waals surface area (Å²) in [7, 11) is 1.30. The number of methoxy groups -OCH3 is 1. The largest absolute Gasteiger partial charge is 0.464 e. The Balaban J connectivity index is 1.47. The van der Waals surface area contributed by atoms with Crippen molar-refractivity contribution in [2.45, 2.75) is 18.6 Å². The highest BCUT2D eigenvalue weighted by Crippen LogP contribution is 2.31. The van der Waals surface area contributed by atoms with Crippen LogP contribution in [0.25, 0.3) is 10.9 Å². The fourth-order valence-electron chi connectivity index (χ4n) is 3.91. The Morgan fingerprint density at radius 1 is 1.29 bits per heavy atom. The normalized spacial score (nSPS) is 19.2. The van der Waals surface area contributed by atoms with Crippen molar-refractivity contribution in [2.75, 3.05) is 45.3 Å². The molecule has 3 N–H and O–H groups in total. The lowest BCUT2D eigenvalue weighted by atomic mass is 10.0. The van der Waals surface area contributed by atoms with Gasteiger partial charge in [-0.05, 0) is 18.2 Å². The number of benzene rings is 1. The summed E-state index contributed by atoms with van der Waals surface area (Å²) in [5.74, 6) is -1.18. The number of hydrogen-bond acceptors (Lipinski definition) is 5. The maximum absolute atomic E-state index is 12.7. The van der Waals surface area contributed by atoms with Gasteiger partial charge in [0.1, 0.15) is 5.69 Å². The number of rotatable bonds is 4. The summed E-state index contributed by atoms with van der Waals surface area (Å²) in [5.41, 5.74) is 1.29. The van der Waals surface area contributed by atoms with E-state index in [1.807, 2.05) is 0 Å². The second-order valence-corrected chi connectivity index (χ2v) is 7.58. The molecule has 0 saturated carbocycles. The van der Waals surface area contributed by atoms with Crippen LogP contribution < -0.4 is 10.2 Å². The zero-order chi connectivity index (χ0) is 19.7. The molecule has 3 heterocycles. The lowest BCUT2D eigenvalue weighted by molar-refractivity contribution is -0.900. The van der Waals surface area contributed by atoms with E-state index in [4.69, 9.17) is 25.8 Å². The third-order valence-electron chi connectivity index (χ3n) is 5.36. The predicted molar refractivity (Wildman–Crippen MR) is 103 cm³/mol. The summed E-state index contributed by atoms with van der Waals surface area (Å²) in [6, 6.07) is 5.19. The molecule has 150 valence electrons. The first-order valence-electron chi connectivity index (χ1n) is 9.30. The number of ether oxygens (including phenoxy) is 3. The van der Waals surface area contributed by atoms with Crippen molar-refractivity contribution in [3.63, 3.8) is 0 Å². The van der Waals surface area contributed by atoms with Gasteiger partial charge in [0, 0.05) is 15.9 Å². The molecule has 1 aromatic heterocycles. The van der Waals surface area contributed by atoms with E-state index in [1.54, 1.807) is 18.2 Å². The zero-order valence-electron chi connectivity index (χ0n) is 15.6. The van der Waals surface area contributed by atoms with Gasteiger partial charge in [-0.1, -0.05) is 11.6 Å². The highest BCUT2D eigenvalue weighted by Gasteiger charge is 2.42. The maximum Gasteiger partial charge on any atom is 0.356 e. The molecule has 2 aromatic rings. The first kappa shape index (κ1) is 19.2. The van der Waals surface area contributed by atoms with Gasteiger partial charge in [0.2, 0.25) is 0 Å². The average molecular weight is 409 g/mol. The summed E-state index contributed by atoms with van der Waals surface area (Å²) in [6.45, 7) is 3.14. The minimum Gasteiger partial charge on any atom is -0.464 e. The van der Waals surface area contributed by atoms with E-state index in [0.717, 1.165) is 30.8 Å². The summed E-state index contributed by atoms with van der Waals surface area (Å²) >= 11 is 6.09.